The lowest BCUT2D eigenvalue weighted by Crippen LogP contribution is -2.37. The number of nitrogens with one attached hydrogen (secondary N) is 1. The molecule has 1 atom stereocenters. The lowest BCUT2D eigenvalue weighted by atomic mass is 9.69. The molecule has 0 saturated carbocycles. The van der Waals surface area contributed by atoms with Crippen LogP contribution in [-0.4, -0.2) is 34.2 Å². The van der Waals surface area contributed by atoms with Gasteiger partial charge < -0.3 is 15.5 Å². The van der Waals surface area contributed by atoms with Gasteiger partial charge in [-0.05, 0) is 72.9 Å². The molecule has 0 aromatic heterocycles. The summed E-state index contributed by atoms with van der Waals surface area (Å²) in [6.45, 7) is 15.8. The molecule has 0 saturated heterocycles. The minimum absolute atomic E-state index is 0.218. The molecule has 0 heterocycles. The molecule has 35 heavy (non-hydrogen) atoms. The maximum absolute atomic E-state index is 12.4. The summed E-state index contributed by atoms with van der Waals surface area (Å²) in [6.07, 6.45) is 5.65. The third kappa shape index (κ3) is 6.21. The van der Waals surface area contributed by atoms with Crippen LogP contribution in [0.1, 0.15) is 92.6 Å². The van der Waals surface area contributed by atoms with Crippen LogP contribution < -0.4 is 5.32 Å². The Bertz CT molecular complexity index is 1100. The first kappa shape index (κ1) is 28.3. The van der Waals surface area contributed by atoms with Crippen molar-refractivity contribution in [1.82, 2.24) is 5.32 Å². The number of benzene rings is 2. The molecule has 3 N–H and O–H groups in total. The van der Waals surface area contributed by atoms with Crippen LogP contribution in [0, 0.1) is 19.3 Å². The average molecular weight is 480 g/mol. The zero-order valence-electron chi connectivity index (χ0n) is 22.5. The molecule has 1 unspecified atom stereocenters. The number of carbonyl (C=O) groups excluding carboxylic acids is 1. The van der Waals surface area contributed by atoms with Gasteiger partial charge in [-0.1, -0.05) is 77.1 Å². The van der Waals surface area contributed by atoms with Gasteiger partial charge in [0.1, 0.15) is 6.54 Å². The second-order valence-electron chi connectivity index (χ2n) is 10.7. The SMILES string of the molecule is CCC(CC)(c1ccc(/C=C/C(C)(O)C(C)(C)C)c(C)c1)c1ccc(C(=O)NCC(=O)O)c(C)c1. The van der Waals surface area contributed by atoms with E-state index in [1.165, 1.54) is 5.56 Å². The Labute approximate surface area is 210 Å². The van der Waals surface area contributed by atoms with Gasteiger partial charge in [-0.15, -0.1) is 0 Å². The first-order valence-electron chi connectivity index (χ1n) is 12.3. The average Bonchev–Trinajstić information content (AvgIpc) is 2.77. The van der Waals surface area contributed by atoms with Crippen LogP contribution in [0.15, 0.2) is 42.5 Å². The van der Waals surface area contributed by atoms with Crippen molar-refractivity contribution in [3.8, 4) is 0 Å². The summed E-state index contributed by atoms with van der Waals surface area (Å²) in [7, 11) is 0. The molecule has 0 spiro atoms. The van der Waals surface area contributed by atoms with E-state index >= 15 is 0 Å². The molecule has 0 fully saturated rings. The molecule has 5 heteroatoms. The highest BCUT2D eigenvalue weighted by molar-refractivity contribution is 5.97. The molecular formula is C30H41NO4. The molecule has 0 aliphatic rings. The number of rotatable bonds is 9. The molecule has 0 bridgehead atoms. The van der Waals surface area contributed by atoms with Crippen molar-refractivity contribution in [2.24, 2.45) is 5.41 Å². The minimum atomic E-state index is -1.07. The maximum Gasteiger partial charge on any atom is 0.322 e. The van der Waals surface area contributed by atoms with E-state index in [1.54, 1.807) is 6.07 Å². The summed E-state index contributed by atoms with van der Waals surface area (Å²) in [5.74, 6) is -1.45. The van der Waals surface area contributed by atoms with Crippen LogP contribution in [-0.2, 0) is 10.2 Å². The largest absolute Gasteiger partial charge is 0.480 e. The van der Waals surface area contributed by atoms with Gasteiger partial charge >= 0.3 is 5.97 Å². The van der Waals surface area contributed by atoms with E-state index in [2.05, 4.69) is 44.3 Å². The van der Waals surface area contributed by atoms with Crippen molar-refractivity contribution in [3.05, 3.63) is 75.9 Å². The number of carbonyl (C=O) groups is 2. The van der Waals surface area contributed by atoms with Gasteiger partial charge in [0.2, 0.25) is 0 Å². The van der Waals surface area contributed by atoms with Crippen LogP contribution in [0.25, 0.3) is 6.08 Å². The molecule has 0 radical (unpaired) electrons. The summed E-state index contributed by atoms with van der Waals surface area (Å²) < 4.78 is 0. The number of carboxylic acid groups (broad SMARTS) is 1. The maximum atomic E-state index is 12.4. The van der Waals surface area contributed by atoms with Crippen molar-refractivity contribution >= 4 is 18.0 Å². The Balaban J connectivity index is 2.45. The zero-order valence-corrected chi connectivity index (χ0v) is 22.5. The third-order valence-corrected chi connectivity index (χ3v) is 7.56. The van der Waals surface area contributed by atoms with E-state index in [1.807, 2.05) is 58.9 Å². The molecule has 190 valence electrons. The standard InChI is InChI=1S/C30H41NO4/c1-9-30(10-2,24-13-14-25(21(4)18-24)27(34)31-19-26(32)33)23-12-11-22(20(3)17-23)15-16-29(8,35)28(5,6)7/h11-18,35H,9-10,19H2,1-8H3,(H,31,34)(H,32,33)/b16-15+. The van der Waals surface area contributed by atoms with Gasteiger partial charge in [-0.25, -0.2) is 0 Å². The van der Waals surface area contributed by atoms with Crippen LogP contribution in [0.4, 0.5) is 0 Å². The van der Waals surface area contributed by atoms with E-state index < -0.39 is 18.1 Å². The van der Waals surface area contributed by atoms with Gasteiger partial charge in [-0.3, -0.25) is 9.59 Å². The lowest BCUT2D eigenvalue weighted by Gasteiger charge is -2.35. The number of aryl methyl sites for hydroxylation is 2. The number of hydrogen-bond donors (Lipinski definition) is 3. The predicted molar refractivity (Wildman–Crippen MR) is 143 cm³/mol. The van der Waals surface area contributed by atoms with E-state index in [4.69, 9.17) is 5.11 Å². The van der Waals surface area contributed by atoms with E-state index in [0.29, 0.717) is 5.56 Å². The van der Waals surface area contributed by atoms with Crippen LogP contribution in [0.2, 0.25) is 0 Å². The zero-order chi connectivity index (χ0) is 26.6. The second kappa shape index (κ2) is 10.8. The summed E-state index contributed by atoms with van der Waals surface area (Å²) in [5.41, 5.74) is 4.43. The molecule has 0 aliphatic heterocycles. The highest BCUT2D eigenvalue weighted by Crippen LogP contribution is 2.40. The first-order valence-corrected chi connectivity index (χ1v) is 12.3. The van der Waals surface area contributed by atoms with E-state index in [0.717, 1.165) is 35.1 Å². The summed E-state index contributed by atoms with van der Waals surface area (Å²) >= 11 is 0. The number of aliphatic carboxylic acids is 1. The third-order valence-electron chi connectivity index (χ3n) is 7.56. The summed E-state index contributed by atoms with van der Waals surface area (Å²) in [5, 5.41) is 22.1. The number of amides is 1. The Morgan fingerprint density at radius 1 is 0.914 bits per heavy atom. The quantitative estimate of drug-likeness (QED) is 0.410. The Morgan fingerprint density at radius 3 is 1.91 bits per heavy atom. The number of hydrogen-bond acceptors (Lipinski definition) is 3. The van der Waals surface area contributed by atoms with Crippen molar-refractivity contribution in [3.63, 3.8) is 0 Å². The summed E-state index contributed by atoms with van der Waals surface area (Å²) in [6, 6.07) is 12.3. The Hall–Kier alpha value is -2.92. The van der Waals surface area contributed by atoms with Crippen LogP contribution in [0.3, 0.4) is 0 Å². The van der Waals surface area contributed by atoms with Crippen LogP contribution >= 0.6 is 0 Å². The Morgan fingerprint density at radius 2 is 1.46 bits per heavy atom. The molecular weight excluding hydrogens is 438 g/mol. The van der Waals surface area contributed by atoms with Gasteiger partial charge in [0.15, 0.2) is 0 Å². The highest BCUT2D eigenvalue weighted by Gasteiger charge is 2.33. The Kier molecular flexibility index (Phi) is 8.72. The van der Waals surface area contributed by atoms with Gasteiger partial charge in [-0.2, -0.15) is 0 Å². The lowest BCUT2D eigenvalue weighted by molar-refractivity contribution is -0.135. The smallest absolute Gasteiger partial charge is 0.322 e. The monoisotopic (exact) mass is 479 g/mol. The van der Waals surface area contributed by atoms with E-state index in [-0.39, 0.29) is 16.7 Å². The van der Waals surface area contributed by atoms with Crippen molar-refractivity contribution in [2.45, 2.75) is 79.2 Å². The van der Waals surface area contributed by atoms with Crippen molar-refractivity contribution in [1.29, 1.82) is 0 Å². The van der Waals surface area contributed by atoms with Crippen molar-refractivity contribution in [2.75, 3.05) is 6.54 Å². The fourth-order valence-electron chi connectivity index (χ4n) is 4.36. The van der Waals surface area contributed by atoms with Crippen LogP contribution in [0.5, 0.6) is 0 Å². The number of carboxylic acids is 1. The van der Waals surface area contributed by atoms with Gasteiger partial charge in [0, 0.05) is 11.0 Å². The molecule has 5 nitrogen and oxygen atoms in total. The topological polar surface area (TPSA) is 86.6 Å². The van der Waals surface area contributed by atoms with E-state index in [9.17, 15) is 14.7 Å². The number of aliphatic hydroxyl groups is 1. The summed E-state index contributed by atoms with van der Waals surface area (Å²) in [4.78, 5) is 23.2. The molecule has 1 amide bonds. The highest BCUT2D eigenvalue weighted by atomic mass is 16.4. The fraction of sp³-hybridized carbons (Fsp3) is 0.467. The second-order valence-corrected chi connectivity index (χ2v) is 10.7. The van der Waals surface area contributed by atoms with Gasteiger partial charge in [0.05, 0.1) is 5.60 Å². The predicted octanol–water partition coefficient (Wildman–Crippen LogP) is 6.03. The normalized spacial score (nSPS) is 14.1. The molecule has 2 aromatic rings. The first-order chi connectivity index (χ1) is 16.2. The minimum Gasteiger partial charge on any atom is -0.480 e. The molecule has 2 rings (SSSR count). The molecule has 2 aromatic carbocycles. The van der Waals surface area contributed by atoms with Crippen molar-refractivity contribution < 1.29 is 19.8 Å². The fourth-order valence-corrected chi connectivity index (χ4v) is 4.36. The van der Waals surface area contributed by atoms with Gasteiger partial charge in [0.25, 0.3) is 5.91 Å². The molecule has 0 aliphatic carbocycles.